The molecule has 78 valence electrons. The van der Waals surface area contributed by atoms with Gasteiger partial charge in [-0.15, -0.1) is 0 Å². The maximum absolute atomic E-state index is 11.3. The number of rotatable bonds is 2. The number of anilines is 1. The number of hydrogen-bond donors (Lipinski definition) is 2. The molecule has 1 atom stereocenters. The van der Waals surface area contributed by atoms with Gasteiger partial charge in [-0.25, -0.2) is 0 Å². The van der Waals surface area contributed by atoms with Crippen molar-refractivity contribution >= 4 is 33.4 Å². The first kappa shape index (κ1) is 10.2. The highest BCUT2D eigenvalue weighted by molar-refractivity contribution is 9.10. The fourth-order valence-electron chi connectivity index (χ4n) is 1.44. The van der Waals surface area contributed by atoms with Crippen molar-refractivity contribution in [3.05, 3.63) is 28.7 Å². The van der Waals surface area contributed by atoms with Gasteiger partial charge in [-0.1, -0.05) is 12.1 Å². The predicted octanol–water partition coefficient (Wildman–Crippen LogP) is 1.28. The summed E-state index contributed by atoms with van der Waals surface area (Å²) in [6.07, 6.45) is 0.195. The molecule has 0 spiro atoms. The van der Waals surface area contributed by atoms with Crippen molar-refractivity contribution in [1.82, 2.24) is 5.32 Å². The van der Waals surface area contributed by atoms with Gasteiger partial charge >= 0.3 is 0 Å². The molecule has 0 aliphatic carbocycles. The summed E-state index contributed by atoms with van der Waals surface area (Å²) in [6.45, 7) is 0. The molecular formula is C10H9BrN2O2. The maximum atomic E-state index is 11.3. The summed E-state index contributed by atoms with van der Waals surface area (Å²) >= 11 is 3.36. The normalized spacial score (nSPS) is 20.2. The van der Waals surface area contributed by atoms with Gasteiger partial charge in [0.2, 0.25) is 11.8 Å². The first-order valence-corrected chi connectivity index (χ1v) is 5.31. The molecule has 2 amide bonds. The summed E-state index contributed by atoms with van der Waals surface area (Å²) in [5.41, 5.74) is 0.812. The molecule has 2 rings (SSSR count). The van der Waals surface area contributed by atoms with Crippen molar-refractivity contribution in [3.8, 4) is 0 Å². The third kappa shape index (κ3) is 2.18. The average molecular weight is 269 g/mol. The van der Waals surface area contributed by atoms with Crippen molar-refractivity contribution in [1.29, 1.82) is 0 Å². The lowest BCUT2D eigenvalue weighted by Gasteiger charge is -2.11. The van der Waals surface area contributed by atoms with E-state index < -0.39 is 6.04 Å². The highest BCUT2D eigenvalue weighted by Gasteiger charge is 2.30. The van der Waals surface area contributed by atoms with Crippen molar-refractivity contribution in [2.75, 3.05) is 5.32 Å². The molecule has 0 saturated carbocycles. The van der Waals surface area contributed by atoms with Crippen LogP contribution < -0.4 is 10.6 Å². The van der Waals surface area contributed by atoms with Gasteiger partial charge in [0.1, 0.15) is 6.04 Å². The number of halogens is 1. The molecule has 1 fully saturated rings. The summed E-state index contributed by atoms with van der Waals surface area (Å²) in [6, 6.07) is 7.00. The van der Waals surface area contributed by atoms with Crippen molar-refractivity contribution in [3.63, 3.8) is 0 Å². The molecule has 1 aliphatic heterocycles. The predicted molar refractivity (Wildman–Crippen MR) is 59.3 cm³/mol. The smallest absolute Gasteiger partial charge is 0.249 e. The van der Waals surface area contributed by atoms with Crippen LogP contribution in [0.1, 0.15) is 6.42 Å². The number of imide groups is 1. The summed E-state index contributed by atoms with van der Waals surface area (Å²) in [5, 5.41) is 5.26. The Balaban J connectivity index is 2.13. The molecule has 1 unspecified atom stereocenters. The molecule has 15 heavy (non-hydrogen) atoms. The minimum atomic E-state index is -0.462. The second-order valence-electron chi connectivity index (χ2n) is 3.29. The largest absolute Gasteiger partial charge is 0.372 e. The van der Waals surface area contributed by atoms with Crippen LogP contribution in [0.3, 0.4) is 0 Å². The highest BCUT2D eigenvalue weighted by atomic mass is 79.9. The first-order valence-electron chi connectivity index (χ1n) is 4.51. The fraction of sp³-hybridized carbons (Fsp3) is 0.200. The zero-order valence-electron chi connectivity index (χ0n) is 7.79. The van der Waals surface area contributed by atoms with Crippen LogP contribution in [0, 0.1) is 0 Å². The van der Waals surface area contributed by atoms with E-state index in [4.69, 9.17) is 0 Å². The Hall–Kier alpha value is -1.36. The van der Waals surface area contributed by atoms with Crippen molar-refractivity contribution in [2.45, 2.75) is 12.5 Å². The van der Waals surface area contributed by atoms with E-state index >= 15 is 0 Å². The van der Waals surface area contributed by atoms with Crippen LogP contribution in [0.15, 0.2) is 28.7 Å². The number of carbonyl (C=O) groups is 2. The molecule has 1 heterocycles. The Morgan fingerprint density at radius 3 is 2.67 bits per heavy atom. The average Bonchev–Trinajstić information content (AvgIpc) is 2.49. The Labute approximate surface area is 95.2 Å². The third-order valence-corrected chi connectivity index (χ3v) is 2.86. The lowest BCUT2D eigenvalue weighted by atomic mass is 10.2. The standard InChI is InChI=1S/C10H9BrN2O2/c11-6-3-1-2-4-7(6)12-8-5-9(14)13-10(8)15/h1-4,8,12H,5H2,(H,13,14,15). The monoisotopic (exact) mass is 268 g/mol. The lowest BCUT2D eigenvalue weighted by molar-refractivity contribution is -0.124. The SMILES string of the molecule is O=C1CC(Nc2ccccc2Br)C(=O)N1. The minimum Gasteiger partial charge on any atom is -0.372 e. The number of carbonyl (C=O) groups excluding carboxylic acids is 2. The summed E-state index contributed by atoms with van der Waals surface area (Å²) in [7, 11) is 0. The minimum absolute atomic E-state index is 0.195. The number of benzene rings is 1. The number of nitrogens with one attached hydrogen (secondary N) is 2. The van der Waals surface area contributed by atoms with E-state index in [-0.39, 0.29) is 18.2 Å². The van der Waals surface area contributed by atoms with E-state index in [1.165, 1.54) is 0 Å². The summed E-state index contributed by atoms with van der Waals surface area (Å²) in [4.78, 5) is 22.2. The molecule has 1 aliphatic rings. The van der Waals surface area contributed by atoms with Gasteiger partial charge in [0.05, 0.1) is 6.42 Å². The molecule has 5 heteroatoms. The van der Waals surface area contributed by atoms with Crippen LogP contribution in [-0.4, -0.2) is 17.9 Å². The van der Waals surface area contributed by atoms with Crippen LogP contribution in [-0.2, 0) is 9.59 Å². The third-order valence-electron chi connectivity index (χ3n) is 2.17. The van der Waals surface area contributed by atoms with Gasteiger partial charge in [0, 0.05) is 10.2 Å². The van der Waals surface area contributed by atoms with Crippen LogP contribution >= 0.6 is 15.9 Å². The van der Waals surface area contributed by atoms with Gasteiger partial charge in [0.25, 0.3) is 0 Å². The Kier molecular flexibility index (Phi) is 2.73. The second kappa shape index (κ2) is 4.02. The molecule has 4 nitrogen and oxygen atoms in total. The van der Waals surface area contributed by atoms with E-state index in [9.17, 15) is 9.59 Å². The Morgan fingerprint density at radius 2 is 2.07 bits per heavy atom. The first-order chi connectivity index (χ1) is 7.16. The topological polar surface area (TPSA) is 58.2 Å². The van der Waals surface area contributed by atoms with E-state index in [1.54, 1.807) is 0 Å². The Morgan fingerprint density at radius 1 is 1.33 bits per heavy atom. The molecule has 2 N–H and O–H groups in total. The zero-order valence-corrected chi connectivity index (χ0v) is 9.37. The van der Waals surface area contributed by atoms with Crippen molar-refractivity contribution in [2.24, 2.45) is 0 Å². The van der Waals surface area contributed by atoms with E-state index in [0.29, 0.717) is 0 Å². The molecule has 1 aromatic carbocycles. The zero-order chi connectivity index (χ0) is 10.8. The maximum Gasteiger partial charge on any atom is 0.249 e. The fourth-order valence-corrected chi connectivity index (χ4v) is 1.84. The number of hydrogen-bond acceptors (Lipinski definition) is 3. The highest BCUT2D eigenvalue weighted by Crippen LogP contribution is 2.23. The van der Waals surface area contributed by atoms with E-state index in [0.717, 1.165) is 10.2 Å². The lowest BCUT2D eigenvalue weighted by Crippen LogP contribution is -2.30. The molecule has 0 bridgehead atoms. The molecule has 0 radical (unpaired) electrons. The van der Waals surface area contributed by atoms with Gasteiger partial charge in [-0.3, -0.25) is 14.9 Å². The second-order valence-corrected chi connectivity index (χ2v) is 4.15. The molecular weight excluding hydrogens is 260 g/mol. The van der Waals surface area contributed by atoms with Gasteiger partial charge in [0.15, 0.2) is 0 Å². The van der Waals surface area contributed by atoms with Crippen LogP contribution in [0.25, 0.3) is 0 Å². The quantitative estimate of drug-likeness (QED) is 0.795. The number of para-hydroxylation sites is 1. The van der Waals surface area contributed by atoms with Gasteiger partial charge < -0.3 is 5.32 Å². The molecule has 0 aromatic heterocycles. The van der Waals surface area contributed by atoms with Crippen molar-refractivity contribution < 1.29 is 9.59 Å². The van der Waals surface area contributed by atoms with Gasteiger partial charge in [-0.05, 0) is 28.1 Å². The molecule has 1 aromatic rings. The summed E-state index contributed by atoms with van der Waals surface area (Å²) in [5.74, 6) is -0.500. The Bertz CT molecular complexity index is 420. The van der Waals surface area contributed by atoms with Crippen LogP contribution in [0.5, 0.6) is 0 Å². The number of amides is 2. The van der Waals surface area contributed by atoms with Gasteiger partial charge in [-0.2, -0.15) is 0 Å². The molecule has 1 saturated heterocycles. The van der Waals surface area contributed by atoms with Crippen LogP contribution in [0.4, 0.5) is 5.69 Å². The van der Waals surface area contributed by atoms with E-state index in [1.807, 2.05) is 24.3 Å². The summed E-state index contributed by atoms with van der Waals surface area (Å²) < 4.78 is 0.872. The van der Waals surface area contributed by atoms with E-state index in [2.05, 4.69) is 26.6 Å². The van der Waals surface area contributed by atoms with Crippen LogP contribution in [0.2, 0.25) is 0 Å².